The first kappa shape index (κ1) is 20.2. The predicted octanol–water partition coefficient (Wildman–Crippen LogP) is 2.75. The van der Waals surface area contributed by atoms with Crippen molar-refractivity contribution in [2.45, 2.75) is 18.8 Å². The Morgan fingerprint density at radius 2 is 1.72 bits per heavy atom. The van der Waals surface area contributed by atoms with Gasteiger partial charge in [-0.25, -0.2) is 9.69 Å². The van der Waals surface area contributed by atoms with Crippen LogP contribution in [0.25, 0.3) is 0 Å². The molecule has 1 aliphatic rings. The highest BCUT2D eigenvalue weighted by molar-refractivity contribution is 6.24. The van der Waals surface area contributed by atoms with Crippen LogP contribution in [0.2, 0.25) is 0 Å². The summed E-state index contributed by atoms with van der Waals surface area (Å²) >= 11 is 0. The van der Waals surface area contributed by atoms with Gasteiger partial charge in [-0.15, -0.1) is 0 Å². The molecule has 29 heavy (non-hydrogen) atoms. The Labute approximate surface area is 163 Å². The largest absolute Gasteiger partial charge is 0.497 e. The van der Waals surface area contributed by atoms with E-state index < -0.39 is 29.7 Å². The van der Waals surface area contributed by atoms with Gasteiger partial charge in [0.1, 0.15) is 5.75 Å². The highest BCUT2D eigenvalue weighted by Gasteiger charge is 2.69. The number of para-hydroxylation sites is 1. The molecule has 2 aromatic carbocycles. The number of alkyl halides is 3. The van der Waals surface area contributed by atoms with Gasteiger partial charge in [-0.2, -0.15) is 13.2 Å². The van der Waals surface area contributed by atoms with Gasteiger partial charge in [0.05, 0.1) is 12.8 Å². The second kappa shape index (κ2) is 7.12. The average Bonchev–Trinajstić information content (AvgIpc) is 2.93. The molecule has 0 aromatic heterocycles. The minimum absolute atomic E-state index is 0.0141. The number of nitrogens with one attached hydrogen (secondary N) is 2. The Morgan fingerprint density at radius 3 is 2.28 bits per heavy atom. The van der Waals surface area contributed by atoms with Crippen LogP contribution >= 0.6 is 0 Å². The van der Waals surface area contributed by atoms with Gasteiger partial charge in [-0.3, -0.25) is 14.9 Å². The minimum Gasteiger partial charge on any atom is -0.497 e. The Morgan fingerprint density at radius 1 is 1.10 bits per heavy atom. The summed E-state index contributed by atoms with van der Waals surface area (Å²) in [5.41, 5.74) is -3.34. The van der Waals surface area contributed by atoms with Crippen LogP contribution < -0.4 is 20.3 Å². The molecule has 152 valence electrons. The summed E-state index contributed by atoms with van der Waals surface area (Å²) in [5, 5.41) is 3.27. The summed E-state index contributed by atoms with van der Waals surface area (Å²) < 4.78 is 46.7. The molecule has 10 heteroatoms. The van der Waals surface area contributed by atoms with Crippen LogP contribution in [0, 0.1) is 6.92 Å². The first-order valence-electron chi connectivity index (χ1n) is 8.36. The van der Waals surface area contributed by atoms with E-state index in [2.05, 4.69) is 0 Å². The number of amides is 4. The topological polar surface area (TPSA) is 87.7 Å². The lowest BCUT2D eigenvalue weighted by atomic mass is 10.1. The molecule has 0 bridgehead atoms. The number of methoxy groups -OCH3 is 1. The quantitative estimate of drug-likeness (QED) is 0.763. The number of benzene rings is 2. The number of imide groups is 1. The Kier molecular flexibility index (Phi) is 4.95. The second-order valence-electron chi connectivity index (χ2n) is 6.29. The lowest BCUT2D eigenvalue weighted by Crippen LogP contribution is -2.69. The Hall–Kier alpha value is -3.56. The van der Waals surface area contributed by atoms with Gasteiger partial charge < -0.3 is 10.1 Å². The summed E-state index contributed by atoms with van der Waals surface area (Å²) in [6.45, 7) is 1.54. The monoisotopic (exact) mass is 407 g/mol. The van der Waals surface area contributed by atoms with Crippen molar-refractivity contribution in [1.82, 2.24) is 10.6 Å². The van der Waals surface area contributed by atoms with Crippen molar-refractivity contribution in [2.24, 2.45) is 0 Å². The molecule has 1 heterocycles. The fourth-order valence-corrected chi connectivity index (χ4v) is 2.90. The highest BCUT2D eigenvalue weighted by Crippen LogP contribution is 2.36. The molecular weight excluding hydrogens is 391 g/mol. The third-order valence-corrected chi connectivity index (χ3v) is 4.46. The number of anilines is 1. The minimum atomic E-state index is -5.29. The number of hydrogen-bond donors (Lipinski definition) is 2. The fraction of sp³-hybridized carbons (Fsp3) is 0.211. The van der Waals surface area contributed by atoms with E-state index in [4.69, 9.17) is 4.74 Å². The van der Waals surface area contributed by atoms with Crippen molar-refractivity contribution in [3.8, 4) is 5.75 Å². The van der Waals surface area contributed by atoms with E-state index in [0.29, 0.717) is 16.2 Å². The van der Waals surface area contributed by atoms with Gasteiger partial charge in [0.2, 0.25) is 0 Å². The summed E-state index contributed by atoms with van der Waals surface area (Å²) in [4.78, 5) is 37.9. The summed E-state index contributed by atoms with van der Waals surface area (Å²) in [7, 11) is 1.39. The zero-order chi connectivity index (χ0) is 21.4. The molecule has 0 saturated carbocycles. The summed E-state index contributed by atoms with van der Waals surface area (Å²) in [5.74, 6) is -2.44. The molecule has 2 N–H and O–H groups in total. The first-order valence-corrected chi connectivity index (χ1v) is 8.36. The average molecular weight is 407 g/mol. The molecule has 1 fully saturated rings. The van der Waals surface area contributed by atoms with Crippen molar-refractivity contribution in [3.63, 3.8) is 0 Å². The number of rotatable bonds is 4. The van der Waals surface area contributed by atoms with E-state index in [9.17, 15) is 27.6 Å². The molecule has 3 rings (SSSR count). The van der Waals surface area contributed by atoms with E-state index in [0.717, 1.165) is 0 Å². The van der Waals surface area contributed by atoms with Crippen LogP contribution in [0.5, 0.6) is 5.75 Å². The van der Waals surface area contributed by atoms with Gasteiger partial charge in [0.15, 0.2) is 0 Å². The molecule has 0 radical (unpaired) electrons. The third kappa shape index (κ3) is 3.37. The van der Waals surface area contributed by atoms with E-state index in [-0.39, 0.29) is 11.3 Å². The number of urea groups is 1. The molecular formula is C19H16F3N3O4. The maximum absolute atomic E-state index is 13.9. The third-order valence-electron chi connectivity index (χ3n) is 4.46. The maximum atomic E-state index is 13.9. The summed E-state index contributed by atoms with van der Waals surface area (Å²) in [6.07, 6.45) is -5.29. The number of hydrogen-bond acceptors (Lipinski definition) is 4. The number of ether oxygens (including phenoxy) is 1. The van der Waals surface area contributed by atoms with Gasteiger partial charge >= 0.3 is 12.2 Å². The van der Waals surface area contributed by atoms with Crippen LogP contribution in [0.1, 0.15) is 15.9 Å². The number of nitrogens with zero attached hydrogens (tertiary/aromatic N) is 1. The molecule has 0 unspecified atom stereocenters. The van der Waals surface area contributed by atoms with Crippen LogP contribution in [0.4, 0.5) is 23.7 Å². The first-order chi connectivity index (χ1) is 13.6. The van der Waals surface area contributed by atoms with Crippen molar-refractivity contribution in [2.75, 3.05) is 12.0 Å². The van der Waals surface area contributed by atoms with E-state index in [1.54, 1.807) is 29.7 Å². The molecule has 0 spiro atoms. The van der Waals surface area contributed by atoms with Crippen molar-refractivity contribution >= 4 is 23.5 Å². The maximum Gasteiger partial charge on any atom is 0.440 e. The SMILES string of the molecule is COc1ccc(C(=O)N[C@]2(C(F)(F)F)NC(=O)N(c3ccccc3C)C2=O)cc1. The molecule has 0 aliphatic carbocycles. The smallest absolute Gasteiger partial charge is 0.440 e. The van der Waals surface area contributed by atoms with Gasteiger partial charge in [-0.1, -0.05) is 18.2 Å². The fourth-order valence-electron chi connectivity index (χ4n) is 2.90. The van der Waals surface area contributed by atoms with Crippen molar-refractivity contribution in [1.29, 1.82) is 0 Å². The molecule has 1 aliphatic heterocycles. The Bertz CT molecular complexity index is 975. The summed E-state index contributed by atoms with van der Waals surface area (Å²) in [6, 6.07) is 9.90. The molecule has 4 amide bonds. The van der Waals surface area contributed by atoms with Crippen LogP contribution in [-0.4, -0.2) is 36.8 Å². The van der Waals surface area contributed by atoms with Gasteiger partial charge in [0, 0.05) is 5.56 Å². The Balaban J connectivity index is 1.99. The van der Waals surface area contributed by atoms with Crippen LogP contribution in [-0.2, 0) is 4.79 Å². The molecule has 2 aromatic rings. The second-order valence-corrected chi connectivity index (χ2v) is 6.29. The number of halogens is 3. The molecule has 1 saturated heterocycles. The zero-order valence-corrected chi connectivity index (χ0v) is 15.3. The standard InChI is InChI=1S/C19H16F3N3O4/c1-11-5-3-4-6-14(11)25-16(27)18(19(20,21)22,24-17(25)28)23-15(26)12-7-9-13(29-2)10-8-12/h3-10H,1-2H3,(H,23,26)(H,24,28)/t18-/m0/s1. The number of aryl methyl sites for hydroxylation is 1. The molecule has 1 atom stereocenters. The van der Waals surface area contributed by atoms with E-state index in [1.807, 2.05) is 0 Å². The van der Waals surface area contributed by atoms with Crippen molar-refractivity contribution < 1.29 is 32.3 Å². The lowest BCUT2D eigenvalue weighted by molar-refractivity contribution is -0.197. The number of carbonyl (C=O) groups excluding carboxylic acids is 3. The normalized spacial score (nSPS) is 19.1. The van der Waals surface area contributed by atoms with Gasteiger partial charge in [-0.05, 0) is 42.8 Å². The van der Waals surface area contributed by atoms with Crippen molar-refractivity contribution in [3.05, 3.63) is 59.7 Å². The van der Waals surface area contributed by atoms with Gasteiger partial charge in [0.25, 0.3) is 17.5 Å². The zero-order valence-electron chi connectivity index (χ0n) is 15.3. The molecule has 7 nitrogen and oxygen atoms in total. The number of carbonyl (C=O) groups is 3. The van der Waals surface area contributed by atoms with E-state index >= 15 is 0 Å². The van der Waals surface area contributed by atoms with E-state index in [1.165, 1.54) is 43.5 Å². The lowest BCUT2D eigenvalue weighted by Gasteiger charge is -2.30. The van der Waals surface area contributed by atoms with Crippen LogP contribution in [0.3, 0.4) is 0 Å². The predicted molar refractivity (Wildman–Crippen MR) is 96.4 cm³/mol. The van der Waals surface area contributed by atoms with Crippen LogP contribution in [0.15, 0.2) is 48.5 Å². The highest BCUT2D eigenvalue weighted by atomic mass is 19.4.